The molecule has 158 valence electrons. The van der Waals surface area contributed by atoms with Gasteiger partial charge in [-0.3, -0.25) is 4.79 Å². The number of hydrogen-bond donors (Lipinski definition) is 2. The molecule has 1 aromatic carbocycles. The van der Waals surface area contributed by atoms with Crippen molar-refractivity contribution in [2.75, 3.05) is 24.6 Å². The highest BCUT2D eigenvalue weighted by Gasteiger charge is 2.27. The summed E-state index contributed by atoms with van der Waals surface area (Å²) in [4.78, 5) is 19.3. The van der Waals surface area contributed by atoms with Gasteiger partial charge in [0.15, 0.2) is 0 Å². The van der Waals surface area contributed by atoms with Gasteiger partial charge in [-0.15, -0.1) is 0 Å². The third kappa shape index (κ3) is 4.74. The Bertz CT molecular complexity index is 1090. The van der Waals surface area contributed by atoms with Gasteiger partial charge >= 0.3 is 0 Å². The van der Waals surface area contributed by atoms with Crippen molar-refractivity contribution in [2.45, 2.75) is 18.0 Å². The van der Waals surface area contributed by atoms with Crippen molar-refractivity contribution in [3.63, 3.8) is 0 Å². The SMILES string of the molecule is O=C(NCc1ccc(Cn2cncn2)cc1)c1cc(S(=O)(=O)N2CCSCC2)c[nH]1. The molecule has 4 rings (SSSR count). The quantitative estimate of drug-likeness (QED) is 0.566. The number of aromatic amines is 1. The first-order valence-corrected chi connectivity index (χ1v) is 12.1. The molecule has 2 aromatic heterocycles. The van der Waals surface area contributed by atoms with Crippen molar-refractivity contribution in [2.24, 2.45) is 0 Å². The third-order valence-electron chi connectivity index (χ3n) is 4.80. The van der Waals surface area contributed by atoms with Gasteiger partial charge in [0.25, 0.3) is 5.91 Å². The number of sulfonamides is 1. The van der Waals surface area contributed by atoms with Crippen LogP contribution in [-0.4, -0.2) is 63.0 Å². The zero-order chi connectivity index (χ0) is 21.0. The van der Waals surface area contributed by atoms with E-state index in [4.69, 9.17) is 0 Å². The van der Waals surface area contributed by atoms with E-state index in [0.29, 0.717) is 26.2 Å². The van der Waals surface area contributed by atoms with Crippen LogP contribution in [0.2, 0.25) is 0 Å². The molecule has 1 aliphatic rings. The molecule has 0 aliphatic carbocycles. The van der Waals surface area contributed by atoms with E-state index in [1.165, 1.54) is 22.9 Å². The summed E-state index contributed by atoms with van der Waals surface area (Å²) >= 11 is 1.74. The summed E-state index contributed by atoms with van der Waals surface area (Å²) in [6.45, 7) is 1.95. The number of nitrogens with zero attached hydrogens (tertiary/aromatic N) is 4. The molecule has 3 aromatic rings. The lowest BCUT2D eigenvalue weighted by Gasteiger charge is -2.24. The standard InChI is InChI=1S/C19H22N6O3S2/c26-19(18-9-17(11-21-18)30(27,28)25-5-7-29-8-6-25)22-10-15-1-3-16(4-2-15)12-24-14-20-13-23-24/h1-4,9,11,13-14,21H,5-8,10,12H2,(H,22,26). The van der Waals surface area contributed by atoms with E-state index in [1.807, 2.05) is 24.3 Å². The van der Waals surface area contributed by atoms with Gasteiger partial charge in [-0.1, -0.05) is 24.3 Å². The normalized spacial score (nSPS) is 15.2. The second kappa shape index (κ2) is 9.02. The summed E-state index contributed by atoms with van der Waals surface area (Å²) in [7, 11) is -3.57. The second-order valence-corrected chi connectivity index (χ2v) is 10.0. The molecule has 30 heavy (non-hydrogen) atoms. The molecule has 0 saturated carbocycles. The van der Waals surface area contributed by atoms with Crippen LogP contribution in [0.15, 0.2) is 54.1 Å². The number of thioether (sulfide) groups is 1. The number of benzene rings is 1. The Labute approximate surface area is 178 Å². The number of aromatic nitrogens is 4. The Morgan fingerprint density at radius 1 is 1.17 bits per heavy atom. The van der Waals surface area contributed by atoms with Crippen LogP contribution in [0.3, 0.4) is 0 Å². The Hall–Kier alpha value is -2.63. The van der Waals surface area contributed by atoms with Crippen LogP contribution in [0.25, 0.3) is 0 Å². The van der Waals surface area contributed by atoms with Gasteiger partial charge in [-0.25, -0.2) is 18.1 Å². The smallest absolute Gasteiger partial charge is 0.268 e. The zero-order valence-corrected chi connectivity index (χ0v) is 17.8. The Balaban J connectivity index is 1.34. The monoisotopic (exact) mass is 446 g/mol. The third-order valence-corrected chi connectivity index (χ3v) is 7.62. The van der Waals surface area contributed by atoms with Gasteiger partial charge in [0, 0.05) is 37.3 Å². The number of hydrogen-bond acceptors (Lipinski definition) is 6. The Kier molecular flexibility index (Phi) is 6.21. The second-order valence-electron chi connectivity index (χ2n) is 6.86. The lowest BCUT2D eigenvalue weighted by atomic mass is 10.1. The van der Waals surface area contributed by atoms with Gasteiger partial charge in [-0.05, 0) is 17.2 Å². The van der Waals surface area contributed by atoms with Crippen molar-refractivity contribution in [3.05, 3.63) is 66.0 Å². The molecule has 2 N–H and O–H groups in total. The van der Waals surface area contributed by atoms with Crippen LogP contribution >= 0.6 is 11.8 Å². The van der Waals surface area contributed by atoms with Crippen molar-refractivity contribution in [1.29, 1.82) is 0 Å². The van der Waals surface area contributed by atoms with E-state index in [9.17, 15) is 13.2 Å². The highest BCUT2D eigenvalue weighted by Crippen LogP contribution is 2.20. The first-order valence-electron chi connectivity index (χ1n) is 9.47. The molecule has 1 aliphatic heterocycles. The molecule has 9 nitrogen and oxygen atoms in total. The maximum atomic E-state index is 12.7. The van der Waals surface area contributed by atoms with E-state index >= 15 is 0 Å². The average molecular weight is 447 g/mol. The number of amides is 1. The largest absolute Gasteiger partial charge is 0.356 e. The number of rotatable bonds is 7. The highest BCUT2D eigenvalue weighted by molar-refractivity contribution is 7.99. The molecular formula is C19H22N6O3S2. The predicted molar refractivity (Wildman–Crippen MR) is 114 cm³/mol. The first kappa shape index (κ1) is 20.6. The van der Waals surface area contributed by atoms with E-state index < -0.39 is 10.0 Å². The molecule has 11 heteroatoms. The number of H-pyrrole nitrogens is 1. The Morgan fingerprint density at radius 2 is 1.90 bits per heavy atom. The van der Waals surface area contributed by atoms with Gasteiger partial charge < -0.3 is 10.3 Å². The molecule has 0 atom stereocenters. The van der Waals surface area contributed by atoms with Crippen LogP contribution < -0.4 is 5.32 Å². The summed E-state index contributed by atoms with van der Waals surface area (Å²) in [5.74, 6) is 1.22. The van der Waals surface area contributed by atoms with Crippen LogP contribution in [-0.2, 0) is 23.1 Å². The minimum atomic E-state index is -3.57. The molecule has 0 bridgehead atoms. The van der Waals surface area contributed by atoms with Crippen molar-refractivity contribution >= 4 is 27.7 Å². The summed E-state index contributed by atoms with van der Waals surface area (Å²) in [6, 6.07) is 9.21. The van der Waals surface area contributed by atoms with Gasteiger partial charge in [0.1, 0.15) is 23.2 Å². The fourth-order valence-electron chi connectivity index (χ4n) is 3.13. The van der Waals surface area contributed by atoms with Gasteiger partial charge in [0.2, 0.25) is 10.0 Å². The van der Waals surface area contributed by atoms with E-state index in [0.717, 1.165) is 22.6 Å². The maximum absolute atomic E-state index is 12.7. The summed E-state index contributed by atoms with van der Waals surface area (Å²) in [5, 5.41) is 6.89. The molecular weight excluding hydrogens is 424 g/mol. The van der Waals surface area contributed by atoms with Gasteiger partial charge in [0.05, 0.1) is 6.54 Å². The molecule has 1 amide bonds. The first-order chi connectivity index (χ1) is 14.5. The van der Waals surface area contributed by atoms with Crippen LogP contribution in [0, 0.1) is 0 Å². The zero-order valence-electron chi connectivity index (χ0n) is 16.2. The molecule has 0 spiro atoms. The highest BCUT2D eigenvalue weighted by atomic mass is 32.2. The maximum Gasteiger partial charge on any atom is 0.268 e. The fourth-order valence-corrected chi connectivity index (χ4v) is 5.70. The topological polar surface area (TPSA) is 113 Å². The number of carbonyl (C=O) groups is 1. The average Bonchev–Trinajstić information content (AvgIpc) is 3.46. The molecule has 1 fully saturated rings. The molecule has 0 radical (unpaired) electrons. The van der Waals surface area contributed by atoms with Crippen LogP contribution in [0.4, 0.5) is 0 Å². The van der Waals surface area contributed by atoms with Crippen molar-refractivity contribution < 1.29 is 13.2 Å². The molecule has 3 heterocycles. The molecule has 1 saturated heterocycles. The van der Waals surface area contributed by atoms with E-state index in [-0.39, 0.29) is 16.5 Å². The number of nitrogens with one attached hydrogen (secondary N) is 2. The van der Waals surface area contributed by atoms with Crippen molar-refractivity contribution in [3.8, 4) is 0 Å². The summed E-state index contributed by atoms with van der Waals surface area (Å²) in [5.41, 5.74) is 2.24. The van der Waals surface area contributed by atoms with Gasteiger partial charge in [-0.2, -0.15) is 21.2 Å². The summed E-state index contributed by atoms with van der Waals surface area (Å²) < 4.78 is 28.6. The van der Waals surface area contributed by atoms with Crippen molar-refractivity contribution in [1.82, 2.24) is 29.4 Å². The minimum absolute atomic E-state index is 0.122. The van der Waals surface area contributed by atoms with Crippen LogP contribution in [0.5, 0.6) is 0 Å². The lowest BCUT2D eigenvalue weighted by Crippen LogP contribution is -2.37. The van der Waals surface area contributed by atoms with E-state index in [2.05, 4.69) is 20.4 Å². The molecule has 0 unspecified atom stereocenters. The predicted octanol–water partition coefficient (Wildman–Crippen LogP) is 1.32. The van der Waals surface area contributed by atoms with E-state index in [1.54, 1.807) is 22.8 Å². The summed E-state index contributed by atoms with van der Waals surface area (Å²) in [6.07, 6.45) is 4.53. The lowest BCUT2D eigenvalue weighted by molar-refractivity contribution is 0.0946. The van der Waals surface area contributed by atoms with Crippen LogP contribution in [0.1, 0.15) is 21.6 Å². The number of carbonyl (C=O) groups excluding carboxylic acids is 1. The minimum Gasteiger partial charge on any atom is -0.356 e. The Morgan fingerprint density at radius 3 is 2.60 bits per heavy atom. The fraction of sp³-hybridized carbons (Fsp3) is 0.316.